The van der Waals surface area contributed by atoms with Crippen LogP contribution in [-0.4, -0.2) is 88.0 Å². The number of ether oxygens (including phenoxy) is 2. The van der Waals surface area contributed by atoms with Crippen LogP contribution in [0.3, 0.4) is 0 Å². The minimum absolute atomic E-state index is 0.608. The molecule has 0 aromatic heterocycles. The molecule has 27 heavy (non-hydrogen) atoms. The fourth-order valence-electron chi connectivity index (χ4n) is 5.60. The van der Waals surface area contributed by atoms with Gasteiger partial charge in [0.2, 0.25) is 0 Å². The molecule has 154 valence electrons. The minimum Gasteiger partial charge on any atom is -0.381 e. The quantitative estimate of drug-likeness (QED) is 0.416. The van der Waals surface area contributed by atoms with Gasteiger partial charge in [0.25, 0.3) is 0 Å². The first-order valence-electron chi connectivity index (χ1n) is 11.2. The van der Waals surface area contributed by atoms with Crippen LogP contribution in [0.1, 0.15) is 38.5 Å². The Bertz CT molecular complexity index is 487. The molecule has 4 unspecified atom stereocenters. The van der Waals surface area contributed by atoms with E-state index in [1.165, 1.54) is 38.8 Å². The Morgan fingerprint density at radius 1 is 1.15 bits per heavy atom. The van der Waals surface area contributed by atoms with Gasteiger partial charge in [-0.15, -0.1) is 0 Å². The summed E-state index contributed by atoms with van der Waals surface area (Å²) < 4.78 is 11.2. The molecule has 6 heteroatoms. The molecule has 2 heterocycles. The van der Waals surface area contributed by atoms with E-state index < -0.39 is 0 Å². The van der Waals surface area contributed by atoms with Crippen LogP contribution >= 0.6 is 0 Å². The van der Waals surface area contributed by atoms with Crippen molar-refractivity contribution in [2.45, 2.75) is 44.6 Å². The van der Waals surface area contributed by atoms with E-state index in [4.69, 9.17) is 9.47 Å². The molecule has 0 radical (unpaired) electrons. The highest BCUT2D eigenvalue weighted by Gasteiger charge is 2.42. The Morgan fingerprint density at radius 2 is 2.04 bits per heavy atom. The van der Waals surface area contributed by atoms with Gasteiger partial charge in [0, 0.05) is 64.9 Å². The molecule has 1 N–H and O–H groups in total. The summed E-state index contributed by atoms with van der Waals surface area (Å²) in [5, 5.41) is 3.53. The van der Waals surface area contributed by atoms with Crippen LogP contribution in [0.2, 0.25) is 0 Å². The maximum absolute atomic E-state index is 5.79. The number of fused-ring (bicyclic) bond motifs is 2. The zero-order valence-electron chi connectivity index (χ0n) is 17.1. The molecule has 4 aliphatic rings. The summed E-state index contributed by atoms with van der Waals surface area (Å²) in [6, 6.07) is 0.878. The minimum atomic E-state index is 0.608. The van der Waals surface area contributed by atoms with Crippen LogP contribution in [0, 0.1) is 17.8 Å². The number of nitrogens with zero attached hydrogens (tertiary/aromatic N) is 3. The van der Waals surface area contributed by atoms with E-state index in [9.17, 15) is 0 Å². The van der Waals surface area contributed by atoms with Gasteiger partial charge in [-0.25, -0.2) is 0 Å². The lowest BCUT2D eigenvalue weighted by atomic mass is 9.93. The highest BCUT2D eigenvalue weighted by Crippen LogP contribution is 2.46. The van der Waals surface area contributed by atoms with Gasteiger partial charge >= 0.3 is 0 Å². The van der Waals surface area contributed by atoms with Crippen LogP contribution < -0.4 is 5.32 Å². The van der Waals surface area contributed by atoms with Gasteiger partial charge < -0.3 is 19.7 Å². The molecule has 2 aliphatic carbocycles. The number of nitrogens with one attached hydrogen (secondary N) is 1. The van der Waals surface area contributed by atoms with Crippen LogP contribution in [-0.2, 0) is 9.47 Å². The molecule has 4 fully saturated rings. The van der Waals surface area contributed by atoms with E-state index in [1.807, 2.05) is 7.05 Å². The van der Waals surface area contributed by atoms with Crippen LogP contribution in [0.25, 0.3) is 0 Å². The van der Waals surface area contributed by atoms with Gasteiger partial charge in [0.1, 0.15) is 0 Å². The van der Waals surface area contributed by atoms with Crippen LogP contribution in [0.5, 0.6) is 0 Å². The third-order valence-electron chi connectivity index (χ3n) is 7.12. The molecule has 4 rings (SSSR count). The Kier molecular flexibility index (Phi) is 6.90. The number of guanidine groups is 1. The fraction of sp³-hybridized carbons (Fsp3) is 0.952. The summed E-state index contributed by atoms with van der Waals surface area (Å²) in [4.78, 5) is 9.71. The topological polar surface area (TPSA) is 49.3 Å². The normalized spacial score (nSPS) is 34.6. The number of hydrogen-bond donors (Lipinski definition) is 1. The van der Waals surface area contributed by atoms with Crippen molar-refractivity contribution in [2.24, 2.45) is 22.7 Å². The van der Waals surface area contributed by atoms with Crippen molar-refractivity contribution in [3.63, 3.8) is 0 Å². The van der Waals surface area contributed by atoms with E-state index in [0.717, 1.165) is 82.7 Å². The summed E-state index contributed by atoms with van der Waals surface area (Å²) in [5.74, 6) is 3.70. The summed E-state index contributed by atoms with van der Waals surface area (Å²) in [6.45, 7) is 8.97. The van der Waals surface area contributed by atoms with Gasteiger partial charge in [-0.05, 0) is 43.9 Å². The first-order valence-corrected chi connectivity index (χ1v) is 11.2. The summed E-state index contributed by atoms with van der Waals surface area (Å²) in [6.07, 6.45) is 8.12. The summed E-state index contributed by atoms with van der Waals surface area (Å²) in [7, 11) is 1.90. The number of rotatable bonds is 7. The molecule has 4 atom stereocenters. The maximum atomic E-state index is 5.79. The van der Waals surface area contributed by atoms with Crippen LogP contribution in [0.15, 0.2) is 4.99 Å². The zero-order valence-corrected chi connectivity index (χ0v) is 17.1. The average molecular weight is 379 g/mol. The zero-order chi connectivity index (χ0) is 18.5. The molecule has 2 aliphatic heterocycles. The molecule has 0 amide bonds. The molecule has 2 saturated carbocycles. The van der Waals surface area contributed by atoms with Crippen molar-refractivity contribution in [3.05, 3.63) is 0 Å². The molecule has 2 saturated heterocycles. The predicted molar refractivity (Wildman–Crippen MR) is 108 cm³/mol. The molecular formula is C21H38N4O2. The lowest BCUT2D eigenvalue weighted by molar-refractivity contribution is 0.0879. The number of hydrogen-bond acceptors (Lipinski definition) is 4. The van der Waals surface area contributed by atoms with Crippen molar-refractivity contribution in [3.8, 4) is 0 Å². The highest BCUT2D eigenvalue weighted by atomic mass is 16.5. The fourth-order valence-corrected chi connectivity index (χ4v) is 5.60. The Labute approximate surface area is 164 Å². The Morgan fingerprint density at radius 3 is 2.70 bits per heavy atom. The molecule has 0 aromatic rings. The first-order chi connectivity index (χ1) is 13.3. The van der Waals surface area contributed by atoms with Crippen molar-refractivity contribution < 1.29 is 9.47 Å². The van der Waals surface area contributed by atoms with Gasteiger partial charge in [-0.3, -0.25) is 9.89 Å². The maximum Gasteiger partial charge on any atom is 0.193 e. The summed E-state index contributed by atoms with van der Waals surface area (Å²) in [5.41, 5.74) is 0. The Hall–Kier alpha value is -0.850. The molecule has 0 spiro atoms. The third-order valence-corrected chi connectivity index (χ3v) is 7.12. The first kappa shape index (κ1) is 19.5. The van der Waals surface area contributed by atoms with E-state index in [-0.39, 0.29) is 0 Å². The molecule has 2 bridgehead atoms. The third kappa shape index (κ3) is 4.96. The summed E-state index contributed by atoms with van der Waals surface area (Å²) >= 11 is 0. The molecular weight excluding hydrogens is 340 g/mol. The Balaban J connectivity index is 1.10. The van der Waals surface area contributed by atoms with Gasteiger partial charge in [0.05, 0.1) is 13.2 Å². The van der Waals surface area contributed by atoms with Gasteiger partial charge in [0.15, 0.2) is 5.96 Å². The largest absolute Gasteiger partial charge is 0.381 e. The number of aliphatic imine (C=N–C) groups is 1. The van der Waals surface area contributed by atoms with Gasteiger partial charge in [-0.1, -0.05) is 6.42 Å². The monoisotopic (exact) mass is 378 g/mol. The lowest BCUT2D eigenvalue weighted by Gasteiger charge is -2.42. The standard InChI is InChI=1S/C21H38N4O2/c1-22-21(23-6-2-11-26-15-18-5-12-27-16-18)25-9-7-24(8-10-25)20-14-17-3-4-19(20)13-17/h17-20H,2-16H2,1H3,(H,22,23). The van der Waals surface area contributed by atoms with Crippen molar-refractivity contribution in [1.29, 1.82) is 0 Å². The number of piperazine rings is 1. The second-order valence-corrected chi connectivity index (χ2v) is 8.90. The average Bonchev–Trinajstić information content (AvgIpc) is 3.46. The molecule has 0 aromatic carbocycles. The van der Waals surface area contributed by atoms with E-state index >= 15 is 0 Å². The smallest absolute Gasteiger partial charge is 0.193 e. The highest BCUT2D eigenvalue weighted by molar-refractivity contribution is 5.79. The van der Waals surface area contributed by atoms with Gasteiger partial charge in [-0.2, -0.15) is 0 Å². The van der Waals surface area contributed by atoms with E-state index in [0.29, 0.717) is 5.92 Å². The second kappa shape index (κ2) is 9.57. The van der Waals surface area contributed by atoms with Crippen molar-refractivity contribution in [1.82, 2.24) is 15.1 Å². The van der Waals surface area contributed by atoms with Crippen molar-refractivity contribution >= 4 is 5.96 Å². The van der Waals surface area contributed by atoms with E-state index in [2.05, 4.69) is 20.1 Å². The lowest BCUT2D eigenvalue weighted by Crippen LogP contribution is -2.55. The predicted octanol–water partition coefficient (Wildman–Crippen LogP) is 1.81. The van der Waals surface area contributed by atoms with Crippen molar-refractivity contribution in [2.75, 3.05) is 66.2 Å². The second-order valence-electron chi connectivity index (χ2n) is 8.90. The SMILES string of the molecule is CN=C(NCCCOCC1CCOC1)N1CCN(C2CC3CCC2C3)CC1. The van der Waals surface area contributed by atoms with E-state index in [1.54, 1.807) is 0 Å². The van der Waals surface area contributed by atoms with Crippen LogP contribution in [0.4, 0.5) is 0 Å². The molecule has 6 nitrogen and oxygen atoms in total.